The molecule has 1 aromatic carbocycles. The van der Waals surface area contributed by atoms with Crippen molar-refractivity contribution >= 4 is 17.3 Å². The van der Waals surface area contributed by atoms with Gasteiger partial charge in [-0.3, -0.25) is 0 Å². The molecule has 0 bridgehead atoms. The fourth-order valence-corrected chi connectivity index (χ4v) is 1.47. The number of anilines is 1. The molecule has 0 unspecified atom stereocenters. The van der Waals surface area contributed by atoms with Crippen LogP contribution in [-0.2, 0) is 0 Å². The lowest BCUT2D eigenvalue weighted by Gasteiger charge is -2.08. The summed E-state index contributed by atoms with van der Waals surface area (Å²) in [5.41, 5.74) is 6.11. The molecule has 1 aromatic heterocycles. The van der Waals surface area contributed by atoms with Crippen molar-refractivity contribution < 1.29 is 9.47 Å². The molecule has 2 aromatic rings. The SMILES string of the molecule is COc1nc(Oc2ccccc2Cl)ccc1N. The summed E-state index contributed by atoms with van der Waals surface area (Å²) in [4.78, 5) is 4.10. The molecule has 17 heavy (non-hydrogen) atoms. The van der Waals surface area contributed by atoms with Crippen molar-refractivity contribution in [2.45, 2.75) is 0 Å². The summed E-state index contributed by atoms with van der Waals surface area (Å²) in [6, 6.07) is 10.5. The van der Waals surface area contributed by atoms with Crippen molar-refractivity contribution in [3.8, 4) is 17.5 Å². The molecule has 0 atom stereocenters. The Kier molecular flexibility index (Phi) is 3.35. The maximum atomic E-state index is 5.97. The van der Waals surface area contributed by atoms with Gasteiger partial charge in [-0.05, 0) is 18.2 Å². The van der Waals surface area contributed by atoms with Gasteiger partial charge in [-0.15, -0.1) is 0 Å². The number of ether oxygens (including phenoxy) is 2. The summed E-state index contributed by atoms with van der Waals surface area (Å²) in [6.07, 6.45) is 0. The van der Waals surface area contributed by atoms with Crippen LogP contribution in [0.1, 0.15) is 0 Å². The van der Waals surface area contributed by atoms with Gasteiger partial charge in [0.2, 0.25) is 11.8 Å². The van der Waals surface area contributed by atoms with Gasteiger partial charge in [-0.2, -0.15) is 4.98 Å². The normalized spacial score (nSPS) is 10.0. The summed E-state index contributed by atoms with van der Waals surface area (Å²) < 4.78 is 10.5. The molecule has 2 N–H and O–H groups in total. The van der Waals surface area contributed by atoms with E-state index in [4.69, 9.17) is 26.8 Å². The average Bonchev–Trinajstić information content (AvgIpc) is 2.34. The molecule has 0 amide bonds. The van der Waals surface area contributed by atoms with Crippen molar-refractivity contribution in [3.05, 3.63) is 41.4 Å². The lowest BCUT2D eigenvalue weighted by atomic mass is 10.3. The highest BCUT2D eigenvalue weighted by atomic mass is 35.5. The summed E-state index contributed by atoms with van der Waals surface area (Å²) in [6.45, 7) is 0. The Labute approximate surface area is 104 Å². The van der Waals surface area contributed by atoms with Crippen molar-refractivity contribution in [1.29, 1.82) is 0 Å². The van der Waals surface area contributed by atoms with E-state index in [1.165, 1.54) is 7.11 Å². The highest BCUT2D eigenvalue weighted by Gasteiger charge is 2.06. The molecule has 0 aliphatic rings. The van der Waals surface area contributed by atoms with Crippen molar-refractivity contribution in [2.75, 3.05) is 12.8 Å². The first-order valence-corrected chi connectivity index (χ1v) is 5.31. The number of nitrogens with two attached hydrogens (primary N) is 1. The van der Waals surface area contributed by atoms with Gasteiger partial charge in [-0.1, -0.05) is 23.7 Å². The zero-order valence-corrected chi connectivity index (χ0v) is 9.94. The Bertz CT molecular complexity index is 532. The fraction of sp³-hybridized carbons (Fsp3) is 0.0833. The molecule has 2 rings (SSSR count). The minimum atomic E-state index is 0.328. The lowest BCUT2D eigenvalue weighted by molar-refractivity contribution is 0.385. The second kappa shape index (κ2) is 4.93. The Morgan fingerprint density at radius 3 is 2.65 bits per heavy atom. The summed E-state index contributed by atoms with van der Waals surface area (Å²) in [5.74, 6) is 1.24. The molecule has 0 saturated carbocycles. The Morgan fingerprint density at radius 1 is 1.18 bits per heavy atom. The third-order valence-electron chi connectivity index (χ3n) is 2.11. The van der Waals surface area contributed by atoms with Crippen LogP contribution in [0.3, 0.4) is 0 Å². The molecule has 0 saturated heterocycles. The monoisotopic (exact) mass is 250 g/mol. The van der Waals surface area contributed by atoms with Crippen LogP contribution in [0.5, 0.6) is 17.5 Å². The Morgan fingerprint density at radius 2 is 1.94 bits per heavy atom. The number of nitrogen functional groups attached to an aromatic ring is 1. The Balaban J connectivity index is 2.28. The van der Waals surface area contributed by atoms with E-state index in [0.717, 1.165) is 0 Å². The number of halogens is 1. The first-order chi connectivity index (χ1) is 8.20. The second-order valence-corrected chi connectivity index (χ2v) is 3.69. The molecule has 88 valence electrons. The van der Waals surface area contributed by atoms with Gasteiger partial charge in [0.1, 0.15) is 5.75 Å². The number of para-hydroxylation sites is 1. The van der Waals surface area contributed by atoms with Crippen LogP contribution in [0.4, 0.5) is 5.69 Å². The molecule has 4 nitrogen and oxygen atoms in total. The van der Waals surface area contributed by atoms with Gasteiger partial charge >= 0.3 is 0 Å². The number of hydrogen-bond acceptors (Lipinski definition) is 4. The van der Waals surface area contributed by atoms with Gasteiger partial charge in [-0.25, -0.2) is 0 Å². The van der Waals surface area contributed by atoms with Gasteiger partial charge in [0.25, 0.3) is 0 Å². The van der Waals surface area contributed by atoms with Crippen LogP contribution in [0.2, 0.25) is 5.02 Å². The van der Waals surface area contributed by atoms with E-state index in [-0.39, 0.29) is 0 Å². The number of pyridine rings is 1. The van der Waals surface area contributed by atoms with Gasteiger partial charge in [0.05, 0.1) is 17.8 Å². The standard InChI is InChI=1S/C12H11ClN2O2/c1-16-12-9(14)6-7-11(15-12)17-10-5-3-2-4-8(10)13/h2-7H,14H2,1H3. The van der Waals surface area contributed by atoms with E-state index in [2.05, 4.69) is 4.98 Å². The van der Waals surface area contributed by atoms with E-state index in [1.54, 1.807) is 24.3 Å². The molecule has 0 radical (unpaired) electrons. The van der Waals surface area contributed by atoms with E-state index in [0.29, 0.717) is 28.2 Å². The van der Waals surface area contributed by atoms with Crippen LogP contribution < -0.4 is 15.2 Å². The first-order valence-electron chi connectivity index (χ1n) is 4.93. The molecule has 0 aliphatic carbocycles. The van der Waals surface area contributed by atoms with Crippen molar-refractivity contribution in [3.63, 3.8) is 0 Å². The molecule has 0 aliphatic heterocycles. The summed E-state index contributed by atoms with van der Waals surface area (Å²) in [5, 5.41) is 0.519. The molecule has 1 heterocycles. The highest BCUT2D eigenvalue weighted by Crippen LogP contribution is 2.30. The van der Waals surface area contributed by atoms with Crippen LogP contribution in [0, 0.1) is 0 Å². The predicted molar refractivity (Wildman–Crippen MR) is 66.7 cm³/mol. The summed E-state index contributed by atoms with van der Waals surface area (Å²) >= 11 is 5.97. The maximum Gasteiger partial charge on any atom is 0.240 e. The highest BCUT2D eigenvalue weighted by molar-refractivity contribution is 6.32. The lowest BCUT2D eigenvalue weighted by Crippen LogP contribution is -1.97. The zero-order chi connectivity index (χ0) is 12.3. The molecule has 0 spiro atoms. The van der Waals surface area contributed by atoms with E-state index in [1.807, 2.05) is 12.1 Å². The zero-order valence-electron chi connectivity index (χ0n) is 9.18. The number of benzene rings is 1. The van der Waals surface area contributed by atoms with Crippen LogP contribution in [0.25, 0.3) is 0 Å². The van der Waals surface area contributed by atoms with Crippen molar-refractivity contribution in [1.82, 2.24) is 4.98 Å². The maximum absolute atomic E-state index is 5.97. The number of aromatic nitrogens is 1. The van der Waals surface area contributed by atoms with Crippen LogP contribution in [0.15, 0.2) is 36.4 Å². The Hall–Kier alpha value is -1.94. The van der Waals surface area contributed by atoms with Gasteiger partial charge in [0, 0.05) is 6.07 Å². The quantitative estimate of drug-likeness (QED) is 0.909. The molecular weight excluding hydrogens is 240 g/mol. The van der Waals surface area contributed by atoms with Gasteiger partial charge in [0.15, 0.2) is 0 Å². The van der Waals surface area contributed by atoms with Crippen molar-refractivity contribution in [2.24, 2.45) is 0 Å². The van der Waals surface area contributed by atoms with E-state index < -0.39 is 0 Å². The van der Waals surface area contributed by atoms with E-state index in [9.17, 15) is 0 Å². The molecular formula is C12H11ClN2O2. The largest absolute Gasteiger partial charge is 0.479 e. The average molecular weight is 251 g/mol. The third kappa shape index (κ3) is 2.60. The number of rotatable bonds is 3. The number of nitrogens with zero attached hydrogens (tertiary/aromatic N) is 1. The first kappa shape index (κ1) is 11.5. The third-order valence-corrected chi connectivity index (χ3v) is 2.42. The predicted octanol–water partition coefficient (Wildman–Crippen LogP) is 3.12. The van der Waals surface area contributed by atoms with Crippen LogP contribution in [-0.4, -0.2) is 12.1 Å². The number of hydrogen-bond donors (Lipinski definition) is 1. The summed E-state index contributed by atoms with van der Waals surface area (Å²) in [7, 11) is 1.50. The minimum Gasteiger partial charge on any atom is -0.479 e. The van der Waals surface area contributed by atoms with E-state index >= 15 is 0 Å². The molecule has 5 heteroatoms. The molecule has 0 fully saturated rings. The topological polar surface area (TPSA) is 57.4 Å². The minimum absolute atomic E-state index is 0.328. The smallest absolute Gasteiger partial charge is 0.240 e. The van der Waals surface area contributed by atoms with Gasteiger partial charge < -0.3 is 15.2 Å². The fourth-order valence-electron chi connectivity index (χ4n) is 1.29. The van der Waals surface area contributed by atoms with Crippen LogP contribution >= 0.6 is 11.6 Å². The second-order valence-electron chi connectivity index (χ2n) is 3.28. The number of methoxy groups -OCH3 is 1.